The van der Waals surface area contributed by atoms with Gasteiger partial charge in [0.05, 0.1) is 11.3 Å². The minimum absolute atomic E-state index is 0.00390. The van der Waals surface area contributed by atoms with Gasteiger partial charge in [-0.25, -0.2) is 4.39 Å². The molecular formula is C23H17FN4O2. The summed E-state index contributed by atoms with van der Waals surface area (Å²) in [6.45, 7) is 0. The average molecular weight is 400 g/mol. The van der Waals surface area contributed by atoms with E-state index in [1.807, 2.05) is 6.07 Å². The summed E-state index contributed by atoms with van der Waals surface area (Å²) < 4.78 is 13.4. The van der Waals surface area contributed by atoms with Gasteiger partial charge in [0.1, 0.15) is 11.5 Å². The van der Waals surface area contributed by atoms with Gasteiger partial charge in [-0.2, -0.15) is 5.11 Å². The topological polar surface area (TPSA) is 100 Å². The maximum Gasteiger partial charge on any atom is 0.259 e. The first-order valence-electron chi connectivity index (χ1n) is 9.10. The number of nitrogen functional groups attached to an aromatic ring is 1. The fourth-order valence-electron chi connectivity index (χ4n) is 3.01. The van der Waals surface area contributed by atoms with E-state index in [2.05, 4.69) is 15.5 Å². The zero-order valence-electron chi connectivity index (χ0n) is 15.7. The first kappa shape index (κ1) is 19.1. The van der Waals surface area contributed by atoms with Gasteiger partial charge in [0.2, 0.25) is 0 Å². The van der Waals surface area contributed by atoms with Crippen LogP contribution in [0.3, 0.4) is 0 Å². The summed E-state index contributed by atoms with van der Waals surface area (Å²) in [6, 6.07) is 21.0. The average Bonchev–Trinajstić information content (AvgIpc) is 2.74. The Morgan fingerprint density at radius 3 is 2.47 bits per heavy atom. The highest BCUT2D eigenvalue weighted by Crippen LogP contribution is 2.39. The Morgan fingerprint density at radius 2 is 1.70 bits per heavy atom. The van der Waals surface area contributed by atoms with Gasteiger partial charge >= 0.3 is 0 Å². The number of aromatic hydroxyl groups is 1. The maximum atomic E-state index is 13.4. The molecule has 6 nitrogen and oxygen atoms in total. The van der Waals surface area contributed by atoms with Gasteiger partial charge in [0.25, 0.3) is 5.91 Å². The lowest BCUT2D eigenvalue weighted by Gasteiger charge is -2.11. The van der Waals surface area contributed by atoms with Gasteiger partial charge in [0, 0.05) is 16.8 Å². The minimum atomic E-state index is -0.590. The van der Waals surface area contributed by atoms with E-state index in [1.165, 1.54) is 18.2 Å². The third-order valence-corrected chi connectivity index (χ3v) is 4.48. The fraction of sp³-hybridized carbons (Fsp3) is 0. The molecule has 30 heavy (non-hydrogen) atoms. The highest BCUT2D eigenvalue weighted by Gasteiger charge is 2.18. The van der Waals surface area contributed by atoms with Crippen molar-refractivity contribution in [3.05, 3.63) is 90.2 Å². The van der Waals surface area contributed by atoms with E-state index in [4.69, 9.17) is 5.73 Å². The molecule has 0 fully saturated rings. The Bertz CT molecular complexity index is 1270. The number of anilines is 2. The fourth-order valence-corrected chi connectivity index (χ4v) is 3.01. The summed E-state index contributed by atoms with van der Waals surface area (Å²) in [6.07, 6.45) is 0. The molecule has 0 atom stereocenters. The van der Waals surface area contributed by atoms with E-state index in [-0.39, 0.29) is 22.7 Å². The molecular weight excluding hydrogens is 383 g/mol. The quantitative estimate of drug-likeness (QED) is 0.292. The van der Waals surface area contributed by atoms with Crippen LogP contribution in [0.2, 0.25) is 0 Å². The summed E-state index contributed by atoms with van der Waals surface area (Å²) in [5, 5.41) is 23.1. The van der Waals surface area contributed by atoms with E-state index >= 15 is 0 Å². The van der Waals surface area contributed by atoms with Gasteiger partial charge in [-0.1, -0.05) is 30.3 Å². The molecule has 148 valence electrons. The van der Waals surface area contributed by atoms with E-state index in [1.54, 1.807) is 54.6 Å². The van der Waals surface area contributed by atoms with Crippen molar-refractivity contribution in [2.24, 2.45) is 10.2 Å². The van der Waals surface area contributed by atoms with Crippen molar-refractivity contribution in [3.63, 3.8) is 0 Å². The van der Waals surface area contributed by atoms with Gasteiger partial charge in [0.15, 0.2) is 5.75 Å². The van der Waals surface area contributed by atoms with E-state index in [0.29, 0.717) is 22.1 Å². The number of phenols is 1. The predicted octanol–water partition coefficient (Wildman–Crippen LogP) is 5.93. The number of phenolic OH excluding ortho intramolecular Hbond substituents is 1. The van der Waals surface area contributed by atoms with Crippen molar-refractivity contribution in [3.8, 4) is 5.75 Å². The lowest BCUT2D eigenvalue weighted by Crippen LogP contribution is -2.12. The lowest BCUT2D eigenvalue weighted by atomic mass is 10.0. The molecule has 4 aromatic carbocycles. The van der Waals surface area contributed by atoms with Crippen LogP contribution in [-0.2, 0) is 0 Å². The normalized spacial score (nSPS) is 11.1. The Labute approximate surface area is 171 Å². The van der Waals surface area contributed by atoms with Crippen molar-refractivity contribution in [2.45, 2.75) is 0 Å². The van der Waals surface area contributed by atoms with Crippen molar-refractivity contribution in [1.29, 1.82) is 0 Å². The number of carbonyl (C=O) groups is 1. The molecule has 0 aliphatic carbocycles. The summed E-state index contributed by atoms with van der Waals surface area (Å²) in [5.41, 5.74) is 7.26. The Balaban J connectivity index is 1.76. The molecule has 4 aromatic rings. The number of amides is 1. The number of rotatable bonds is 4. The molecule has 0 aromatic heterocycles. The van der Waals surface area contributed by atoms with Gasteiger partial charge in [-0.05, 0) is 53.9 Å². The van der Waals surface area contributed by atoms with Crippen LogP contribution < -0.4 is 11.1 Å². The predicted molar refractivity (Wildman–Crippen MR) is 115 cm³/mol. The number of hydrogen-bond donors (Lipinski definition) is 3. The zero-order valence-corrected chi connectivity index (χ0v) is 15.7. The first-order chi connectivity index (χ1) is 14.5. The Morgan fingerprint density at radius 1 is 0.933 bits per heavy atom. The molecule has 0 unspecified atom stereocenters. The molecule has 4 rings (SSSR count). The number of nitrogens with zero attached hydrogens (tertiary/aromatic N) is 2. The molecule has 4 N–H and O–H groups in total. The maximum absolute atomic E-state index is 13.4. The number of hydrogen-bond acceptors (Lipinski definition) is 5. The Kier molecular flexibility index (Phi) is 5.09. The standard InChI is InChI=1S/C23H17FN4O2/c24-15-5-3-6-18(13-15)26-23(30)20-12-14-4-1-2-7-19(14)21(22(20)29)28-27-17-10-8-16(25)9-11-17/h1-13,29H,25H2,(H,26,30). The number of nitrogens with one attached hydrogen (secondary N) is 1. The van der Waals surface area contributed by atoms with Gasteiger partial charge < -0.3 is 16.2 Å². The van der Waals surface area contributed by atoms with E-state index in [9.17, 15) is 14.3 Å². The molecule has 1 amide bonds. The SMILES string of the molecule is Nc1ccc(N=Nc2c(O)c(C(=O)Nc3cccc(F)c3)cc3ccccc23)cc1. The zero-order chi connectivity index (χ0) is 21.1. The van der Waals surface area contributed by atoms with Gasteiger partial charge in [-0.15, -0.1) is 5.11 Å². The first-order valence-corrected chi connectivity index (χ1v) is 9.10. The number of carbonyl (C=O) groups excluding carboxylic acids is 1. The highest BCUT2D eigenvalue weighted by atomic mass is 19.1. The van der Waals surface area contributed by atoms with E-state index in [0.717, 1.165) is 0 Å². The molecule has 0 saturated carbocycles. The second-order valence-electron chi connectivity index (χ2n) is 6.60. The number of benzene rings is 4. The van der Waals surface area contributed by atoms with Crippen molar-refractivity contribution in [2.75, 3.05) is 11.1 Å². The molecule has 0 saturated heterocycles. The smallest absolute Gasteiger partial charge is 0.259 e. The monoisotopic (exact) mass is 400 g/mol. The molecule has 7 heteroatoms. The van der Waals surface area contributed by atoms with Gasteiger partial charge in [-0.3, -0.25) is 4.79 Å². The summed E-state index contributed by atoms with van der Waals surface area (Å²) in [5.74, 6) is -1.39. The van der Waals surface area contributed by atoms with E-state index < -0.39 is 11.7 Å². The summed E-state index contributed by atoms with van der Waals surface area (Å²) >= 11 is 0. The summed E-state index contributed by atoms with van der Waals surface area (Å²) in [4.78, 5) is 12.8. The Hall–Kier alpha value is -4.26. The van der Waals surface area contributed by atoms with Crippen LogP contribution in [0.25, 0.3) is 10.8 Å². The molecule has 0 spiro atoms. The summed E-state index contributed by atoms with van der Waals surface area (Å²) in [7, 11) is 0. The van der Waals surface area contributed by atoms with Crippen LogP contribution in [0, 0.1) is 5.82 Å². The number of nitrogens with two attached hydrogens (primary N) is 1. The van der Waals surface area contributed by atoms with Crippen molar-refractivity contribution < 1.29 is 14.3 Å². The molecule has 0 heterocycles. The third kappa shape index (κ3) is 3.95. The molecule has 0 aliphatic heterocycles. The second-order valence-corrected chi connectivity index (χ2v) is 6.60. The van der Waals surface area contributed by atoms with Crippen molar-refractivity contribution in [1.82, 2.24) is 0 Å². The van der Waals surface area contributed by atoms with Crippen LogP contribution >= 0.6 is 0 Å². The van der Waals surface area contributed by atoms with Crippen molar-refractivity contribution >= 4 is 39.4 Å². The lowest BCUT2D eigenvalue weighted by molar-refractivity contribution is 0.102. The molecule has 0 aliphatic rings. The number of azo groups is 1. The van der Waals surface area contributed by atoms with Crippen LogP contribution in [-0.4, -0.2) is 11.0 Å². The highest BCUT2D eigenvalue weighted by molar-refractivity contribution is 6.11. The van der Waals surface area contributed by atoms with Crippen LogP contribution in [0.5, 0.6) is 5.75 Å². The number of fused-ring (bicyclic) bond motifs is 1. The van der Waals surface area contributed by atoms with Crippen LogP contribution in [0.15, 0.2) is 89.1 Å². The minimum Gasteiger partial charge on any atom is -0.505 e. The number of halogens is 1. The molecule has 0 bridgehead atoms. The van der Waals surface area contributed by atoms with Crippen LogP contribution in [0.1, 0.15) is 10.4 Å². The van der Waals surface area contributed by atoms with Crippen LogP contribution in [0.4, 0.5) is 27.1 Å². The largest absolute Gasteiger partial charge is 0.505 e. The second kappa shape index (κ2) is 8.00. The molecule has 0 radical (unpaired) electrons. The third-order valence-electron chi connectivity index (χ3n) is 4.48.